The zero-order chi connectivity index (χ0) is 16.3. The average molecular weight is 318 g/mol. The van der Waals surface area contributed by atoms with Gasteiger partial charge < -0.3 is 14.4 Å². The number of methoxy groups -OCH3 is 1. The Balaban J connectivity index is 2.15. The summed E-state index contributed by atoms with van der Waals surface area (Å²) in [7, 11) is 1.42. The number of alkyl halides is 3. The third-order valence-electron chi connectivity index (χ3n) is 3.74. The van der Waals surface area contributed by atoms with Crippen LogP contribution in [0.15, 0.2) is 18.2 Å². The monoisotopic (exact) mass is 318 g/mol. The minimum atomic E-state index is -4.71. The molecule has 0 bridgehead atoms. The number of nitrogens with zero attached hydrogens (tertiary/aromatic N) is 2. The van der Waals surface area contributed by atoms with Crippen molar-refractivity contribution in [2.24, 2.45) is 0 Å². The van der Waals surface area contributed by atoms with E-state index in [4.69, 9.17) is 4.74 Å². The number of hydrogen-bond donors (Lipinski definition) is 0. The lowest BCUT2D eigenvalue weighted by Gasteiger charge is -2.38. The Kier molecular flexibility index (Phi) is 5.05. The van der Waals surface area contributed by atoms with Gasteiger partial charge >= 0.3 is 6.36 Å². The van der Waals surface area contributed by atoms with E-state index in [1.165, 1.54) is 19.2 Å². The summed E-state index contributed by atoms with van der Waals surface area (Å²) >= 11 is 0. The number of anilines is 1. The van der Waals surface area contributed by atoms with Crippen LogP contribution in [0.5, 0.6) is 11.5 Å². The van der Waals surface area contributed by atoms with Crippen LogP contribution in [0.4, 0.5) is 18.9 Å². The molecular formula is C15H21F3N2O2. The molecule has 0 spiro atoms. The Labute approximate surface area is 128 Å². The van der Waals surface area contributed by atoms with Crippen molar-refractivity contribution in [2.75, 3.05) is 38.2 Å². The second-order valence-corrected chi connectivity index (χ2v) is 5.53. The zero-order valence-corrected chi connectivity index (χ0v) is 13.0. The molecule has 0 amide bonds. The molecule has 1 aromatic carbocycles. The van der Waals surface area contributed by atoms with Crippen LogP contribution in [0, 0.1) is 0 Å². The van der Waals surface area contributed by atoms with Crippen molar-refractivity contribution in [1.29, 1.82) is 0 Å². The summed E-state index contributed by atoms with van der Waals surface area (Å²) in [6.45, 7) is 7.55. The summed E-state index contributed by atoms with van der Waals surface area (Å²) in [4.78, 5) is 4.38. The molecule has 1 aromatic rings. The summed E-state index contributed by atoms with van der Waals surface area (Å²) in [6.07, 6.45) is -4.71. The Hall–Kier alpha value is -1.63. The number of rotatable bonds is 4. The maximum atomic E-state index is 12.4. The smallest absolute Gasteiger partial charge is 0.497 e. The van der Waals surface area contributed by atoms with E-state index in [1.807, 2.05) is 4.90 Å². The second-order valence-electron chi connectivity index (χ2n) is 5.53. The SMILES string of the molecule is COc1cc(OC(F)(F)F)cc(N2CCN(C(C)C)CC2)c1. The van der Waals surface area contributed by atoms with Gasteiger partial charge in [-0.05, 0) is 13.8 Å². The topological polar surface area (TPSA) is 24.9 Å². The standard InChI is InChI=1S/C15H21F3N2O2/c1-11(2)19-4-6-20(7-5-19)12-8-13(21-3)10-14(9-12)22-15(16,17)18/h8-11H,4-7H2,1-3H3. The highest BCUT2D eigenvalue weighted by Gasteiger charge is 2.31. The van der Waals surface area contributed by atoms with Crippen molar-refractivity contribution in [3.63, 3.8) is 0 Å². The first-order chi connectivity index (χ1) is 10.3. The van der Waals surface area contributed by atoms with Crippen LogP contribution < -0.4 is 14.4 Å². The molecule has 0 N–H and O–H groups in total. The summed E-state index contributed by atoms with van der Waals surface area (Å²) in [5, 5.41) is 0. The Morgan fingerprint density at radius 2 is 1.59 bits per heavy atom. The van der Waals surface area contributed by atoms with E-state index < -0.39 is 6.36 Å². The Bertz CT molecular complexity index is 498. The molecule has 22 heavy (non-hydrogen) atoms. The van der Waals surface area contributed by atoms with Crippen LogP contribution in [-0.4, -0.2) is 50.6 Å². The van der Waals surface area contributed by atoms with Crippen LogP contribution in [0.25, 0.3) is 0 Å². The predicted octanol–water partition coefficient (Wildman–Crippen LogP) is 3.12. The molecule has 1 saturated heterocycles. The maximum absolute atomic E-state index is 12.4. The van der Waals surface area contributed by atoms with Gasteiger partial charge in [0.2, 0.25) is 0 Å². The van der Waals surface area contributed by atoms with Gasteiger partial charge in [-0.1, -0.05) is 0 Å². The van der Waals surface area contributed by atoms with Crippen LogP contribution >= 0.6 is 0 Å². The first-order valence-corrected chi connectivity index (χ1v) is 7.22. The minimum Gasteiger partial charge on any atom is -0.497 e. The largest absolute Gasteiger partial charge is 0.573 e. The normalized spacial score (nSPS) is 17.0. The van der Waals surface area contributed by atoms with Crippen molar-refractivity contribution in [3.8, 4) is 11.5 Å². The fourth-order valence-electron chi connectivity index (χ4n) is 2.55. The van der Waals surface area contributed by atoms with Gasteiger partial charge in [0.05, 0.1) is 7.11 Å². The van der Waals surface area contributed by atoms with Crippen LogP contribution in [-0.2, 0) is 0 Å². The van der Waals surface area contributed by atoms with Crippen molar-refractivity contribution >= 4 is 5.69 Å². The molecular weight excluding hydrogens is 297 g/mol. The molecule has 0 aliphatic carbocycles. The molecule has 1 fully saturated rings. The second kappa shape index (κ2) is 6.64. The molecule has 1 aliphatic heterocycles. The lowest BCUT2D eigenvalue weighted by molar-refractivity contribution is -0.274. The van der Waals surface area contributed by atoms with Crippen molar-refractivity contribution < 1.29 is 22.6 Å². The highest BCUT2D eigenvalue weighted by atomic mass is 19.4. The molecule has 2 rings (SSSR count). The fraction of sp³-hybridized carbons (Fsp3) is 0.600. The summed E-state index contributed by atoms with van der Waals surface area (Å²) in [5.41, 5.74) is 0.682. The van der Waals surface area contributed by atoms with Crippen molar-refractivity contribution in [3.05, 3.63) is 18.2 Å². The number of halogens is 3. The van der Waals surface area contributed by atoms with Crippen LogP contribution in [0.1, 0.15) is 13.8 Å². The van der Waals surface area contributed by atoms with Crippen molar-refractivity contribution in [1.82, 2.24) is 4.90 Å². The van der Waals surface area contributed by atoms with Crippen LogP contribution in [0.2, 0.25) is 0 Å². The maximum Gasteiger partial charge on any atom is 0.573 e. The molecule has 1 heterocycles. The van der Waals surface area contributed by atoms with E-state index in [0.29, 0.717) is 17.5 Å². The molecule has 0 saturated carbocycles. The molecule has 0 radical (unpaired) electrons. The van der Waals surface area contributed by atoms with Crippen molar-refractivity contribution in [2.45, 2.75) is 26.3 Å². The van der Waals surface area contributed by atoms with Gasteiger partial charge in [-0.25, -0.2) is 0 Å². The molecule has 0 atom stereocenters. The minimum absolute atomic E-state index is 0.256. The predicted molar refractivity (Wildman–Crippen MR) is 78.6 cm³/mol. The Morgan fingerprint density at radius 3 is 2.09 bits per heavy atom. The zero-order valence-electron chi connectivity index (χ0n) is 13.0. The van der Waals surface area contributed by atoms with Gasteiger partial charge in [-0.15, -0.1) is 13.2 Å². The van der Waals surface area contributed by atoms with E-state index in [-0.39, 0.29) is 5.75 Å². The summed E-state index contributed by atoms with van der Waals surface area (Å²) in [5.74, 6) is 0.0937. The number of piperazine rings is 1. The lowest BCUT2D eigenvalue weighted by atomic mass is 10.2. The highest BCUT2D eigenvalue weighted by molar-refractivity contribution is 5.56. The van der Waals surface area contributed by atoms with E-state index in [0.717, 1.165) is 26.2 Å². The van der Waals surface area contributed by atoms with E-state index in [9.17, 15) is 13.2 Å². The molecule has 7 heteroatoms. The molecule has 0 aromatic heterocycles. The van der Waals surface area contributed by atoms with E-state index in [1.54, 1.807) is 6.07 Å². The first-order valence-electron chi connectivity index (χ1n) is 7.22. The molecule has 124 valence electrons. The summed E-state index contributed by atoms with van der Waals surface area (Å²) < 4.78 is 46.3. The van der Waals surface area contributed by atoms with Gasteiger partial charge in [0, 0.05) is 56.1 Å². The number of benzene rings is 1. The fourth-order valence-corrected chi connectivity index (χ4v) is 2.55. The van der Waals surface area contributed by atoms with Gasteiger partial charge in [0.15, 0.2) is 0 Å². The van der Waals surface area contributed by atoms with E-state index >= 15 is 0 Å². The van der Waals surface area contributed by atoms with Gasteiger partial charge in [0.25, 0.3) is 0 Å². The highest BCUT2D eigenvalue weighted by Crippen LogP contribution is 2.32. The van der Waals surface area contributed by atoms with Gasteiger partial charge in [-0.3, -0.25) is 4.90 Å². The third-order valence-corrected chi connectivity index (χ3v) is 3.74. The quantitative estimate of drug-likeness (QED) is 0.851. The molecule has 4 nitrogen and oxygen atoms in total. The molecule has 0 unspecified atom stereocenters. The van der Waals surface area contributed by atoms with E-state index in [2.05, 4.69) is 23.5 Å². The molecule has 1 aliphatic rings. The number of hydrogen-bond acceptors (Lipinski definition) is 4. The first kappa shape index (κ1) is 16.7. The Morgan fingerprint density at radius 1 is 1.00 bits per heavy atom. The number of ether oxygens (including phenoxy) is 2. The van der Waals surface area contributed by atoms with Gasteiger partial charge in [-0.2, -0.15) is 0 Å². The third kappa shape index (κ3) is 4.43. The average Bonchev–Trinajstić information content (AvgIpc) is 2.45. The lowest BCUT2D eigenvalue weighted by Crippen LogP contribution is -2.48. The van der Waals surface area contributed by atoms with Crippen LogP contribution in [0.3, 0.4) is 0 Å². The summed E-state index contributed by atoms with van der Waals surface area (Å²) in [6, 6.07) is 4.84. The van der Waals surface area contributed by atoms with Gasteiger partial charge in [0.1, 0.15) is 11.5 Å².